The first-order valence-corrected chi connectivity index (χ1v) is 12.6. The predicted molar refractivity (Wildman–Crippen MR) is 140 cm³/mol. The zero-order chi connectivity index (χ0) is 27.3. The van der Waals surface area contributed by atoms with Gasteiger partial charge in [-0.25, -0.2) is 4.39 Å². The Morgan fingerprint density at radius 3 is 2.49 bits per heavy atom. The number of likely N-dealkylation sites (N-methyl/N-ethyl adjacent to an activating group) is 1. The summed E-state index contributed by atoms with van der Waals surface area (Å²) >= 11 is 0. The van der Waals surface area contributed by atoms with Gasteiger partial charge in [0.25, 0.3) is 5.91 Å². The van der Waals surface area contributed by atoms with Crippen molar-refractivity contribution in [2.24, 2.45) is 0 Å². The van der Waals surface area contributed by atoms with E-state index in [1.807, 2.05) is 37.3 Å². The number of nitrogens with zero attached hydrogens (tertiary/aromatic N) is 2. The summed E-state index contributed by atoms with van der Waals surface area (Å²) in [7, 11) is 1.58. The molecule has 2 heterocycles. The Morgan fingerprint density at radius 1 is 1.05 bits per heavy atom. The summed E-state index contributed by atoms with van der Waals surface area (Å²) in [6.07, 6.45) is 0.766. The Bertz CT molecular complexity index is 1600. The van der Waals surface area contributed by atoms with E-state index in [9.17, 15) is 14.0 Å². The highest BCUT2D eigenvalue weighted by Gasteiger charge is 2.51. The van der Waals surface area contributed by atoms with E-state index < -0.39 is 17.6 Å². The number of hydrogen-bond donors (Lipinski definition) is 3. The van der Waals surface area contributed by atoms with E-state index in [1.54, 1.807) is 25.2 Å². The number of nitrogens with one attached hydrogen (secondary N) is 2. The lowest BCUT2D eigenvalue weighted by Crippen LogP contribution is -2.35. The molecular weight excluding hydrogens is 501 g/mol. The first kappa shape index (κ1) is 24.6. The van der Waals surface area contributed by atoms with Crippen LogP contribution in [0.1, 0.15) is 57.8 Å². The molecule has 0 spiro atoms. The van der Waals surface area contributed by atoms with Crippen molar-refractivity contribution in [3.63, 3.8) is 0 Å². The summed E-state index contributed by atoms with van der Waals surface area (Å²) in [4.78, 5) is 26.2. The zero-order valence-electron chi connectivity index (χ0n) is 21.3. The highest BCUT2D eigenvalue weighted by atomic mass is 19.1. The molecule has 6 rings (SSSR count). The normalized spacial score (nSPS) is 18.6. The van der Waals surface area contributed by atoms with Crippen molar-refractivity contribution >= 4 is 17.8 Å². The van der Waals surface area contributed by atoms with Crippen LogP contribution in [-0.4, -0.2) is 29.1 Å². The number of ether oxygens (including phenoxy) is 1. The Morgan fingerprint density at radius 2 is 1.82 bits per heavy atom. The molecule has 10 heteroatoms. The third-order valence-corrected chi connectivity index (χ3v) is 7.39. The summed E-state index contributed by atoms with van der Waals surface area (Å²) in [5.74, 6) is -0.575. The van der Waals surface area contributed by atoms with Gasteiger partial charge in [-0.05, 0) is 78.4 Å². The second-order valence-electron chi connectivity index (χ2n) is 9.95. The van der Waals surface area contributed by atoms with Crippen LogP contribution < -0.4 is 21.1 Å². The minimum absolute atomic E-state index is 0.0412. The molecule has 4 N–H and O–H groups in total. The third-order valence-electron chi connectivity index (χ3n) is 7.39. The van der Waals surface area contributed by atoms with E-state index in [0.717, 1.165) is 22.3 Å². The second kappa shape index (κ2) is 9.23. The lowest BCUT2D eigenvalue weighted by atomic mass is 9.88. The van der Waals surface area contributed by atoms with Crippen LogP contribution in [0.15, 0.2) is 65.1 Å². The number of fused-ring (bicyclic) bond motifs is 1. The van der Waals surface area contributed by atoms with E-state index in [-0.39, 0.29) is 23.6 Å². The standard InChI is InChI=1S/C29H26FN5O4/c1-15-3-4-18(25(36)33-29(11-12-29)27-34-35-28(31)39-27)14-20(15)17-7-10-22-21(13-17)23(26(37)32-2)24(38-22)16-5-8-19(30)9-6-16/h3-10,13-14,23-24H,11-12H2,1-2H3,(H2,31,35)(H,32,37)(H,33,36). The number of rotatable bonds is 6. The fourth-order valence-electron chi connectivity index (χ4n) is 5.09. The monoisotopic (exact) mass is 527 g/mol. The number of carbonyl (C=O) groups excluding carboxylic acids is 2. The molecule has 198 valence electrons. The average Bonchev–Trinajstić information content (AvgIpc) is 3.40. The van der Waals surface area contributed by atoms with Gasteiger partial charge in [-0.3, -0.25) is 9.59 Å². The molecule has 1 aromatic heterocycles. The van der Waals surface area contributed by atoms with E-state index in [0.29, 0.717) is 35.6 Å². The topological polar surface area (TPSA) is 132 Å². The van der Waals surface area contributed by atoms with Crippen molar-refractivity contribution in [2.75, 3.05) is 12.8 Å². The predicted octanol–water partition coefficient (Wildman–Crippen LogP) is 4.15. The van der Waals surface area contributed by atoms with Gasteiger partial charge in [0, 0.05) is 18.2 Å². The molecule has 1 saturated carbocycles. The van der Waals surface area contributed by atoms with Crippen LogP contribution in [0.2, 0.25) is 0 Å². The molecule has 1 fully saturated rings. The van der Waals surface area contributed by atoms with Crippen molar-refractivity contribution in [2.45, 2.75) is 37.3 Å². The van der Waals surface area contributed by atoms with Gasteiger partial charge < -0.3 is 25.5 Å². The average molecular weight is 528 g/mol. The van der Waals surface area contributed by atoms with Crippen LogP contribution >= 0.6 is 0 Å². The number of aromatic nitrogens is 2. The minimum Gasteiger partial charge on any atom is -0.484 e. The van der Waals surface area contributed by atoms with Crippen molar-refractivity contribution in [3.05, 3.63) is 94.6 Å². The van der Waals surface area contributed by atoms with Crippen molar-refractivity contribution in [3.8, 4) is 16.9 Å². The highest BCUT2D eigenvalue weighted by molar-refractivity contribution is 5.96. The third kappa shape index (κ3) is 4.37. The number of nitrogen functional groups attached to an aromatic ring is 1. The molecule has 1 aliphatic carbocycles. The van der Waals surface area contributed by atoms with Gasteiger partial charge in [0.05, 0.1) is 0 Å². The Kier molecular flexibility index (Phi) is 5.82. The van der Waals surface area contributed by atoms with Gasteiger partial charge in [0.2, 0.25) is 11.8 Å². The molecule has 0 saturated heterocycles. The molecular formula is C29H26FN5O4. The van der Waals surface area contributed by atoms with E-state index in [1.165, 1.54) is 12.1 Å². The molecule has 2 unspecified atom stereocenters. The van der Waals surface area contributed by atoms with E-state index in [4.69, 9.17) is 14.9 Å². The molecule has 39 heavy (non-hydrogen) atoms. The first-order valence-electron chi connectivity index (χ1n) is 12.6. The molecule has 0 bridgehead atoms. The van der Waals surface area contributed by atoms with Gasteiger partial charge in [-0.1, -0.05) is 29.4 Å². The van der Waals surface area contributed by atoms with Crippen molar-refractivity contribution in [1.82, 2.24) is 20.8 Å². The Hall–Kier alpha value is -4.73. The molecule has 2 atom stereocenters. The van der Waals surface area contributed by atoms with Crippen LogP contribution in [0, 0.1) is 12.7 Å². The first-order chi connectivity index (χ1) is 18.8. The lowest BCUT2D eigenvalue weighted by Gasteiger charge is -2.18. The molecule has 2 amide bonds. The van der Waals surface area contributed by atoms with Crippen LogP contribution in [-0.2, 0) is 10.3 Å². The minimum atomic E-state index is -0.701. The van der Waals surface area contributed by atoms with Crippen molar-refractivity contribution < 1.29 is 23.1 Å². The van der Waals surface area contributed by atoms with Crippen LogP contribution in [0.25, 0.3) is 11.1 Å². The molecule has 1 aliphatic heterocycles. The molecule has 0 radical (unpaired) electrons. The van der Waals surface area contributed by atoms with Gasteiger partial charge in [0.1, 0.15) is 29.1 Å². The summed E-state index contributed by atoms with van der Waals surface area (Å²) in [5.41, 5.74) is 9.41. The molecule has 2 aliphatic rings. The molecule has 9 nitrogen and oxygen atoms in total. The van der Waals surface area contributed by atoms with Crippen LogP contribution in [0.3, 0.4) is 0 Å². The summed E-state index contributed by atoms with van der Waals surface area (Å²) in [6.45, 7) is 1.96. The number of halogens is 1. The smallest absolute Gasteiger partial charge is 0.312 e. The number of anilines is 1. The van der Waals surface area contributed by atoms with Gasteiger partial charge in [0.15, 0.2) is 0 Å². The Balaban J connectivity index is 1.32. The maximum atomic E-state index is 13.5. The number of benzene rings is 3. The SMILES string of the molecule is CNC(=O)C1c2cc(-c3cc(C(=O)NC4(c5nnc(N)o5)CC4)ccc3C)ccc2OC1c1ccc(F)cc1. The quantitative estimate of drug-likeness (QED) is 0.343. The zero-order valence-corrected chi connectivity index (χ0v) is 21.3. The fraction of sp³-hybridized carbons (Fsp3) is 0.241. The van der Waals surface area contributed by atoms with Crippen molar-refractivity contribution in [1.29, 1.82) is 0 Å². The van der Waals surface area contributed by atoms with Gasteiger partial charge in [-0.2, -0.15) is 0 Å². The number of amides is 2. The van der Waals surface area contributed by atoms with Crippen LogP contribution in [0.4, 0.5) is 10.4 Å². The second-order valence-corrected chi connectivity index (χ2v) is 9.95. The van der Waals surface area contributed by atoms with Crippen LogP contribution in [0.5, 0.6) is 5.75 Å². The van der Waals surface area contributed by atoms with Gasteiger partial charge in [-0.15, -0.1) is 5.10 Å². The van der Waals surface area contributed by atoms with Gasteiger partial charge >= 0.3 is 6.01 Å². The largest absolute Gasteiger partial charge is 0.484 e. The highest BCUT2D eigenvalue weighted by Crippen LogP contribution is 2.48. The van der Waals surface area contributed by atoms with E-state index in [2.05, 4.69) is 20.8 Å². The maximum Gasteiger partial charge on any atom is 0.312 e. The summed E-state index contributed by atoms with van der Waals surface area (Å²) in [5, 5.41) is 13.4. The number of aryl methyl sites for hydroxylation is 1. The lowest BCUT2D eigenvalue weighted by molar-refractivity contribution is -0.123. The summed E-state index contributed by atoms with van der Waals surface area (Å²) < 4.78 is 25.1. The molecule has 3 aromatic carbocycles. The number of hydrogen-bond acceptors (Lipinski definition) is 7. The number of nitrogens with two attached hydrogens (primary N) is 1. The maximum absolute atomic E-state index is 13.5. The van der Waals surface area contributed by atoms with E-state index >= 15 is 0 Å². The molecule has 4 aromatic rings. The Labute approximate surface area is 223 Å². The fourth-order valence-corrected chi connectivity index (χ4v) is 5.09. The number of carbonyl (C=O) groups is 2. The summed E-state index contributed by atoms with van der Waals surface area (Å²) in [6, 6.07) is 17.1.